The summed E-state index contributed by atoms with van der Waals surface area (Å²) in [6.07, 6.45) is 0. The van der Waals surface area contributed by atoms with Gasteiger partial charge in [-0.3, -0.25) is 4.79 Å². The third-order valence-electron chi connectivity index (χ3n) is 2.19. The Kier molecular flexibility index (Phi) is 4.75. The maximum Gasteiger partial charge on any atom is 0.317 e. The Labute approximate surface area is 94.2 Å². The molecule has 1 aromatic rings. The number of rotatable bonds is 6. The van der Waals surface area contributed by atoms with Gasteiger partial charge >= 0.3 is 5.97 Å². The van der Waals surface area contributed by atoms with Crippen molar-refractivity contribution in [1.29, 1.82) is 0 Å². The van der Waals surface area contributed by atoms with Crippen molar-refractivity contribution < 1.29 is 14.6 Å². The van der Waals surface area contributed by atoms with Crippen LogP contribution >= 0.6 is 0 Å². The number of carboxylic acids is 1. The van der Waals surface area contributed by atoms with E-state index < -0.39 is 5.97 Å². The summed E-state index contributed by atoms with van der Waals surface area (Å²) in [6, 6.07) is 5.55. The first-order chi connectivity index (χ1) is 7.65. The molecule has 1 rings (SSSR count). The molecule has 0 aliphatic carbocycles. The molecule has 88 valence electrons. The van der Waals surface area contributed by atoms with Crippen molar-refractivity contribution in [3.05, 3.63) is 29.3 Å². The maximum absolute atomic E-state index is 10.4. The average molecular weight is 224 g/mol. The summed E-state index contributed by atoms with van der Waals surface area (Å²) in [6.45, 7) is 0.813. The number of nitrogens with two attached hydrogens (primary N) is 1. The fraction of sp³-hybridized carbons (Fsp3) is 0.364. The van der Waals surface area contributed by atoms with Crippen LogP contribution in [0.3, 0.4) is 0 Å². The number of hydrogen-bond acceptors (Lipinski definition) is 4. The van der Waals surface area contributed by atoms with Crippen LogP contribution in [-0.4, -0.2) is 24.7 Å². The lowest BCUT2D eigenvalue weighted by Crippen LogP contribution is -2.23. The van der Waals surface area contributed by atoms with Crippen LogP contribution < -0.4 is 11.1 Å². The van der Waals surface area contributed by atoms with Gasteiger partial charge in [0.25, 0.3) is 0 Å². The first-order valence-corrected chi connectivity index (χ1v) is 4.93. The largest absolute Gasteiger partial charge is 0.480 e. The van der Waals surface area contributed by atoms with Crippen LogP contribution in [0.15, 0.2) is 18.2 Å². The standard InChI is InChI=1S/C11H16N2O3/c1-16-7-8-3-2-4-10(12)9(8)5-13-6-11(14)15/h2-4,13H,5-7,12H2,1H3,(H,14,15). The van der Waals surface area contributed by atoms with Gasteiger partial charge < -0.3 is 20.9 Å². The molecule has 1 aromatic carbocycles. The Morgan fingerprint density at radius 2 is 2.31 bits per heavy atom. The number of methoxy groups -OCH3 is 1. The smallest absolute Gasteiger partial charge is 0.317 e. The van der Waals surface area contributed by atoms with Gasteiger partial charge in [-0.2, -0.15) is 0 Å². The third-order valence-corrected chi connectivity index (χ3v) is 2.19. The average Bonchev–Trinajstić information content (AvgIpc) is 2.22. The number of hydrogen-bond donors (Lipinski definition) is 3. The van der Waals surface area contributed by atoms with Gasteiger partial charge in [-0.25, -0.2) is 0 Å². The van der Waals surface area contributed by atoms with E-state index >= 15 is 0 Å². The molecule has 0 bridgehead atoms. The molecule has 0 fully saturated rings. The van der Waals surface area contributed by atoms with Crippen LogP contribution in [0.1, 0.15) is 11.1 Å². The monoisotopic (exact) mass is 224 g/mol. The van der Waals surface area contributed by atoms with Gasteiger partial charge in [0.05, 0.1) is 13.2 Å². The number of benzene rings is 1. The molecule has 5 heteroatoms. The summed E-state index contributed by atoms with van der Waals surface area (Å²) >= 11 is 0. The van der Waals surface area contributed by atoms with Crippen LogP contribution in [0.25, 0.3) is 0 Å². The molecule has 0 aliphatic rings. The van der Waals surface area contributed by atoms with Crippen molar-refractivity contribution in [3.8, 4) is 0 Å². The van der Waals surface area contributed by atoms with Crippen molar-refractivity contribution in [3.63, 3.8) is 0 Å². The van der Waals surface area contributed by atoms with Crippen LogP contribution in [0.2, 0.25) is 0 Å². The quantitative estimate of drug-likeness (QED) is 0.616. The van der Waals surface area contributed by atoms with Gasteiger partial charge in [0.1, 0.15) is 0 Å². The molecule has 0 radical (unpaired) electrons. The van der Waals surface area contributed by atoms with E-state index in [0.717, 1.165) is 11.1 Å². The zero-order chi connectivity index (χ0) is 12.0. The highest BCUT2D eigenvalue weighted by Crippen LogP contribution is 2.17. The van der Waals surface area contributed by atoms with E-state index in [4.69, 9.17) is 15.6 Å². The Bertz CT molecular complexity index is 366. The summed E-state index contributed by atoms with van der Waals surface area (Å²) in [5, 5.41) is 11.3. The minimum atomic E-state index is -0.886. The SMILES string of the molecule is COCc1cccc(N)c1CNCC(=O)O. The highest BCUT2D eigenvalue weighted by atomic mass is 16.5. The minimum Gasteiger partial charge on any atom is -0.480 e. The van der Waals surface area contributed by atoms with Crippen molar-refractivity contribution >= 4 is 11.7 Å². The van der Waals surface area contributed by atoms with Crippen molar-refractivity contribution in [2.24, 2.45) is 0 Å². The second-order valence-electron chi connectivity index (χ2n) is 3.42. The summed E-state index contributed by atoms with van der Waals surface area (Å²) in [7, 11) is 1.61. The molecule has 0 saturated heterocycles. The molecule has 5 nitrogen and oxygen atoms in total. The summed E-state index contributed by atoms with van der Waals surface area (Å²) < 4.78 is 5.05. The summed E-state index contributed by atoms with van der Waals surface area (Å²) in [5.41, 5.74) is 8.34. The first kappa shape index (κ1) is 12.5. The number of carboxylic acid groups (broad SMARTS) is 1. The zero-order valence-electron chi connectivity index (χ0n) is 9.19. The van der Waals surface area contributed by atoms with Gasteiger partial charge in [-0.15, -0.1) is 0 Å². The number of carbonyl (C=O) groups is 1. The Morgan fingerprint density at radius 1 is 1.56 bits per heavy atom. The van der Waals surface area contributed by atoms with Gasteiger partial charge in [-0.1, -0.05) is 12.1 Å². The van der Waals surface area contributed by atoms with Crippen LogP contribution in [0.5, 0.6) is 0 Å². The maximum atomic E-state index is 10.4. The Hall–Kier alpha value is -1.59. The number of nitrogens with one attached hydrogen (secondary N) is 1. The van der Waals surface area contributed by atoms with Gasteiger partial charge in [0.15, 0.2) is 0 Å². The predicted molar refractivity (Wildman–Crippen MR) is 60.9 cm³/mol. The molecule has 0 unspecified atom stereocenters. The molecule has 0 amide bonds. The Morgan fingerprint density at radius 3 is 2.94 bits per heavy atom. The second-order valence-corrected chi connectivity index (χ2v) is 3.42. The number of aliphatic carboxylic acids is 1. The van der Waals surface area contributed by atoms with E-state index in [-0.39, 0.29) is 6.54 Å². The van der Waals surface area contributed by atoms with E-state index in [2.05, 4.69) is 5.32 Å². The molecule has 0 atom stereocenters. The molecule has 0 heterocycles. The lowest BCUT2D eigenvalue weighted by atomic mass is 10.1. The molecule has 0 spiro atoms. The van der Waals surface area contributed by atoms with E-state index in [9.17, 15) is 4.79 Å². The summed E-state index contributed by atoms with van der Waals surface area (Å²) in [4.78, 5) is 10.4. The number of anilines is 1. The lowest BCUT2D eigenvalue weighted by molar-refractivity contribution is -0.135. The molecule has 16 heavy (non-hydrogen) atoms. The highest BCUT2D eigenvalue weighted by Gasteiger charge is 2.06. The fourth-order valence-corrected chi connectivity index (χ4v) is 1.46. The van der Waals surface area contributed by atoms with E-state index in [0.29, 0.717) is 18.8 Å². The van der Waals surface area contributed by atoms with Crippen molar-refractivity contribution in [1.82, 2.24) is 5.32 Å². The Balaban J connectivity index is 2.71. The van der Waals surface area contributed by atoms with Gasteiger partial charge in [0, 0.05) is 19.3 Å². The molecule has 0 aliphatic heterocycles. The fourth-order valence-electron chi connectivity index (χ4n) is 1.46. The van der Waals surface area contributed by atoms with Gasteiger partial charge in [-0.05, 0) is 17.2 Å². The van der Waals surface area contributed by atoms with E-state index in [1.807, 2.05) is 12.1 Å². The van der Waals surface area contributed by atoms with Crippen molar-refractivity contribution in [2.45, 2.75) is 13.2 Å². The van der Waals surface area contributed by atoms with Crippen LogP contribution in [-0.2, 0) is 22.7 Å². The predicted octanol–water partition coefficient (Wildman–Crippen LogP) is 0.589. The highest BCUT2D eigenvalue weighted by molar-refractivity contribution is 5.69. The molecule has 0 saturated carbocycles. The number of nitrogen functional groups attached to an aromatic ring is 1. The van der Waals surface area contributed by atoms with E-state index in [1.54, 1.807) is 13.2 Å². The number of ether oxygens (including phenoxy) is 1. The first-order valence-electron chi connectivity index (χ1n) is 4.93. The topological polar surface area (TPSA) is 84.6 Å². The minimum absolute atomic E-state index is 0.0826. The lowest BCUT2D eigenvalue weighted by Gasteiger charge is -2.11. The second kappa shape index (κ2) is 6.09. The molecular formula is C11H16N2O3. The molecule has 4 N–H and O–H groups in total. The van der Waals surface area contributed by atoms with Gasteiger partial charge in [0.2, 0.25) is 0 Å². The normalized spacial score (nSPS) is 10.3. The van der Waals surface area contributed by atoms with Crippen LogP contribution in [0, 0.1) is 0 Å². The van der Waals surface area contributed by atoms with E-state index in [1.165, 1.54) is 0 Å². The van der Waals surface area contributed by atoms with Crippen LogP contribution in [0.4, 0.5) is 5.69 Å². The van der Waals surface area contributed by atoms with Crippen molar-refractivity contribution in [2.75, 3.05) is 19.4 Å². The molecule has 0 aromatic heterocycles. The third kappa shape index (κ3) is 3.52. The zero-order valence-corrected chi connectivity index (χ0v) is 9.19. The summed E-state index contributed by atoms with van der Waals surface area (Å²) in [5.74, 6) is -0.886. The molecular weight excluding hydrogens is 208 g/mol.